The summed E-state index contributed by atoms with van der Waals surface area (Å²) in [4.78, 5) is 30.7. The SMILES string of the molecule is CCC(O)CN(CCCC(=O)OCCCN(CCCO)CCCOC(=O)CCCN(CC(O)CC)CC(O)CC)CC(O)CC. The Labute approximate surface area is 272 Å². The highest BCUT2D eigenvalue weighted by atomic mass is 16.5. The summed E-state index contributed by atoms with van der Waals surface area (Å²) >= 11 is 0. The number of aliphatic hydroxyl groups excluding tert-OH is 5. The van der Waals surface area contributed by atoms with Crippen molar-refractivity contribution in [2.24, 2.45) is 0 Å². The van der Waals surface area contributed by atoms with E-state index in [1.807, 2.05) is 37.5 Å². The summed E-state index contributed by atoms with van der Waals surface area (Å²) in [6, 6.07) is 0. The molecule has 0 heterocycles. The van der Waals surface area contributed by atoms with Gasteiger partial charge in [0.05, 0.1) is 37.6 Å². The van der Waals surface area contributed by atoms with E-state index in [-0.39, 0.29) is 31.4 Å². The zero-order chi connectivity index (χ0) is 33.9. The van der Waals surface area contributed by atoms with Crippen molar-refractivity contribution in [1.29, 1.82) is 0 Å². The van der Waals surface area contributed by atoms with Gasteiger partial charge in [0.2, 0.25) is 0 Å². The molecule has 0 saturated carbocycles. The third kappa shape index (κ3) is 25.4. The fourth-order valence-electron chi connectivity index (χ4n) is 4.84. The summed E-state index contributed by atoms with van der Waals surface area (Å²) in [6.07, 6.45) is 4.41. The summed E-state index contributed by atoms with van der Waals surface area (Å²) in [5.41, 5.74) is 0. The van der Waals surface area contributed by atoms with Gasteiger partial charge in [0.1, 0.15) is 0 Å². The Morgan fingerprint density at radius 3 is 1.13 bits per heavy atom. The number of hydrogen-bond donors (Lipinski definition) is 5. The normalized spacial score (nSPS) is 14.6. The molecule has 0 saturated heterocycles. The van der Waals surface area contributed by atoms with Crippen LogP contribution in [0, 0.1) is 0 Å². The molecule has 4 atom stereocenters. The second kappa shape index (κ2) is 28.8. The van der Waals surface area contributed by atoms with Gasteiger partial charge in [-0.25, -0.2) is 0 Å². The number of esters is 2. The molecule has 0 fully saturated rings. The van der Waals surface area contributed by atoms with E-state index in [0.717, 1.165) is 0 Å². The lowest BCUT2D eigenvalue weighted by Crippen LogP contribution is -2.38. The third-order valence-electron chi connectivity index (χ3n) is 7.87. The second-order valence-electron chi connectivity index (χ2n) is 12.0. The number of hydrogen-bond acceptors (Lipinski definition) is 12. The van der Waals surface area contributed by atoms with Crippen LogP contribution in [0.25, 0.3) is 0 Å². The third-order valence-corrected chi connectivity index (χ3v) is 7.87. The smallest absolute Gasteiger partial charge is 0.305 e. The first-order valence-electron chi connectivity index (χ1n) is 17.4. The van der Waals surface area contributed by atoms with Gasteiger partial charge in [-0.05, 0) is 70.9 Å². The van der Waals surface area contributed by atoms with Gasteiger partial charge in [-0.2, -0.15) is 0 Å². The van der Waals surface area contributed by atoms with Gasteiger partial charge in [0.15, 0.2) is 0 Å². The highest BCUT2D eigenvalue weighted by molar-refractivity contribution is 5.69. The van der Waals surface area contributed by atoms with E-state index in [1.165, 1.54) is 0 Å². The molecule has 12 heteroatoms. The van der Waals surface area contributed by atoms with Gasteiger partial charge in [0.25, 0.3) is 0 Å². The fourth-order valence-corrected chi connectivity index (χ4v) is 4.84. The Kier molecular flexibility index (Phi) is 27.9. The van der Waals surface area contributed by atoms with Gasteiger partial charge in [-0.3, -0.25) is 19.4 Å². The highest BCUT2D eigenvalue weighted by Crippen LogP contribution is 2.07. The van der Waals surface area contributed by atoms with E-state index in [4.69, 9.17) is 9.47 Å². The first-order chi connectivity index (χ1) is 21.6. The first-order valence-corrected chi connectivity index (χ1v) is 17.4. The van der Waals surface area contributed by atoms with E-state index < -0.39 is 24.4 Å². The molecule has 0 aromatic rings. The summed E-state index contributed by atoms with van der Waals surface area (Å²) < 4.78 is 10.8. The Morgan fingerprint density at radius 1 is 0.511 bits per heavy atom. The van der Waals surface area contributed by atoms with Crippen LogP contribution in [-0.2, 0) is 19.1 Å². The Hall–Kier alpha value is -1.38. The van der Waals surface area contributed by atoms with Crippen LogP contribution in [-0.4, -0.2) is 155 Å². The standard InChI is InChI=1S/C33H67N3O9/c1-5-28(38)24-35(25-29(39)6-2)16-9-14-32(42)44-22-12-19-34(18-11-21-37)20-13-23-45-33(43)15-10-17-36(26-30(40)7-3)27-31(41)8-4/h28-31,37-41H,5-27H2,1-4H3. The summed E-state index contributed by atoms with van der Waals surface area (Å²) in [5, 5.41) is 49.2. The molecule has 0 aliphatic carbocycles. The Morgan fingerprint density at radius 2 is 0.822 bits per heavy atom. The van der Waals surface area contributed by atoms with Gasteiger partial charge in [-0.1, -0.05) is 27.7 Å². The van der Waals surface area contributed by atoms with Crippen molar-refractivity contribution < 1.29 is 44.6 Å². The molecule has 0 aliphatic heterocycles. The predicted molar refractivity (Wildman–Crippen MR) is 176 cm³/mol. The number of nitrogens with zero attached hydrogens (tertiary/aromatic N) is 3. The van der Waals surface area contributed by atoms with E-state index >= 15 is 0 Å². The van der Waals surface area contributed by atoms with E-state index in [0.29, 0.717) is 130 Å². The quantitative estimate of drug-likeness (QED) is 0.0548. The molecule has 268 valence electrons. The average molecular weight is 650 g/mol. The van der Waals surface area contributed by atoms with Crippen molar-refractivity contribution in [1.82, 2.24) is 14.7 Å². The topological polar surface area (TPSA) is 163 Å². The molecule has 12 nitrogen and oxygen atoms in total. The van der Waals surface area contributed by atoms with Crippen molar-refractivity contribution in [2.75, 3.05) is 78.7 Å². The molecule has 0 aromatic heterocycles. The van der Waals surface area contributed by atoms with Crippen molar-refractivity contribution in [3.8, 4) is 0 Å². The van der Waals surface area contributed by atoms with Gasteiger partial charge >= 0.3 is 11.9 Å². The molecule has 0 amide bonds. The minimum atomic E-state index is -0.457. The van der Waals surface area contributed by atoms with Gasteiger partial charge < -0.3 is 39.9 Å². The molecule has 4 unspecified atom stereocenters. The molecular weight excluding hydrogens is 582 g/mol. The molecular formula is C33H67N3O9. The average Bonchev–Trinajstić information content (AvgIpc) is 3.02. The van der Waals surface area contributed by atoms with Gasteiger partial charge in [-0.15, -0.1) is 0 Å². The molecule has 0 aliphatic rings. The number of carbonyl (C=O) groups excluding carboxylic acids is 2. The van der Waals surface area contributed by atoms with Crippen molar-refractivity contribution in [3.05, 3.63) is 0 Å². The molecule has 0 rings (SSSR count). The van der Waals surface area contributed by atoms with Gasteiger partial charge in [0, 0.05) is 65.3 Å². The fraction of sp³-hybridized carbons (Fsp3) is 0.939. The van der Waals surface area contributed by atoms with E-state index in [9.17, 15) is 35.1 Å². The maximum atomic E-state index is 12.2. The lowest BCUT2D eigenvalue weighted by atomic mass is 10.2. The molecule has 0 bridgehead atoms. The minimum Gasteiger partial charge on any atom is -0.466 e. The molecule has 0 aromatic carbocycles. The predicted octanol–water partition coefficient (Wildman–Crippen LogP) is 1.79. The lowest BCUT2D eigenvalue weighted by Gasteiger charge is -2.26. The summed E-state index contributed by atoms with van der Waals surface area (Å²) in [5.74, 6) is -0.524. The minimum absolute atomic E-state index is 0.0869. The maximum absolute atomic E-state index is 12.2. The highest BCUT2D eigenvalue weighted by Gasteiger charge is 2.16. The molecule has 45 heavy (non-hydrogen) atoms. The van der Waals surface area contributed by atoms with Crippen LogP contribution in [0.3, 0.4) is 0 Å². The molecule has 5 N–H and O–H groups in total. The number of carbonyl (C=O) groups is 2. The first kappa shape index (κ1) is 43.6. The number of ether oxygens (including phenoxy) is 2. The van der Waals surface area contributed by atoms with Crippen LogP contribution in [0.1, 0.15) is 98.3 Å². The summed E-state index contributed by atoms with van der Waals surface area (Å²) in [6.45, 7) is 13.5. The van der Waals surface area contributed by atoms with Crippen LogP contribution < -0.4 is 0 Å². The van der Waals surface area contributed by atoms with E-state index in [1.54, 1.807) is 0 Å². The Bertz CT molecular complexity index is 641. The second-order valence-corrected chi connectivity index (χ2v) is 12.0. The van der Waals surface area contributed by atoms with Crippen LogP contribution in [0.15, 0.2) is 0 Å². The van der Waals surface area contributed by atoms with Crippen molar-refractivity contribution in [3.63, 3.8) is 0 Å². The van der Waals surface area contributed by atoms with Crippen molar-refractivity contribution in [2.45, 2.75) is 123 Å². The van der Waals surface area contributed by atoms with Crippen LogP contribution in [0.4, 0.5) is 0 Å². The molecule has 0 radical (unpaired) electrons. The lowest BCUT2D eigenvalue weighted by molar-refractivity contribution is -0.144. The molecule has 0 spiro atoms. The van der Waals surface area contributed by atoms with Crippen molar-refractivity contribution >= 4 is 11.9 Å². The monoisotopic (exact) mass is 649 g/mol. The van der Waals surface area contributed by atoms with Crippen LogP contribution >= 0.6 is 0 Å². The maximum Gasteiger partial charge on any atom is 0.305 e. The Balaban J connectivity index is 4.31. The van der Waals surface area contributed by atoms with E-state index in [2.05, 4.69) is 4.90 Å². The van der Waals surface area contributed by atoms with Crippen LogP contribution in [0.2, 0.25) is 0 Å². The number of rotatable bonds is 31. The number of aliphatic hydroxyl groups is 5. The summed E-state index contributed by atoms with van der Waals surface area (Å²) in [7, 11) is 0. The zero-order valence-corrected chi connectivity index (χ0v) is 28.8. The largest absolute Gasteiger partial charge is 0.466 e. The zero-order valence-electron chi connectivity index (χ0n) is 28.8. The van der Waals surface area contributed by atoms with Crippen LogP contribution in [0.5, 0.6) is 0 Å².